The topological polar surface area (TPSA) is 63.6 Å². The highest BCUT2D eigenvalue weighted by Crippen LogP contribution is 2.51. The van der Waals surface area contributed by atoms with Gasteiger partial charge in [0.05, 0.1) is 17.9 Å². The van der Waals surface area contributed by atoms with E-state index in [4.69, 9.17) is 4.74 Å². The van der Waals surface area contributed by atoms with Crippen LogP contribution < -0.4 is 0 Å². The first-order chi connectivity index (χ1) is 11.9. The van der Waals surface area contributed by atoms with Crippen molar-refractivity contribution < 1.29 is 19.4 Å². The number of aliphatic carboxylic acids is 1. The summed E-state index contributed by atoms with van der Waals surface area (Å²) in [5, 5.41) is 10.0. The van der Waals surface area contributed by atoms with Gasteiger partial charge in [0, 0.05) is 0 Å². The fourth-order valence-corrected chi connectivity index (χ4v) is 4.43. The third kappa shape index (κ3) is 5.72. The Hall–Kier alpha value is -1.06. The van der Waals surface area contributed by atoms with Gasteiger partial charge < -0.3 is 9.84 Å². The number of rotatable bonds is 12. The van der Waals surface area contributed by atoms with E-state index >= 15 is 0 Å². The fourth-order valence-electron chi connectivity index (χ4n) is 4.43. The monoisotopic (exact) mass is 354 g/mol. The summed E-state index contributed by atoms with van der Waals surface area (Å²) in [6, 6.07) is 0. The van der Waals surface area contributed by atoms with Crippen LogP contribution in [-0.2, 0) is 14.3 Å². The van der Waals surface area contributed by atoms with Crippen molar-refractivity contribution in [3.63, 3.8) is 0 Å². The summed E-state index contributed by atoms with van der Waals surface area (Å²) in [4.78, 5) is 25.5. The molecule has 0 spiro atoms. The normalized spacial score (nSPS) is 18.9. The second-order valence-corrected chi connectivity index (χ2v) is 8.14. The zero-order valence-electron chi connectivity index (χ0n) is 16.7. The number of hydrogen-bond acceptors (Lipinski definition) is 3. The zero-order valence-corrected chi connectivity index (χ0v) is 16.7. The zero-order chi connectivity index (χ0) is 18.9. The number of unbranched alkanes of at least 4 members (excludes halogenated alkanes) is 2. The van der Waals surface area contributed by atoms with Crippen LogP contribution in [-0.4, -0.2) is 23.7 Å². The second-order valence-electron chi connectivity index (χ2n) is 8.14. The Kier molecular flexibility index (Phi) is 9.52. The molecular formula is C21H38O4. The number of esters is 1. The summed E-state index contributed by atoms with van der Waals surface area (Å²) >= 11 is 0. The Bertz CT molecular complexity index is 412. The standard InChI is InChI=1S/C21H38O4/c1-5-7-13-21(17-11-9-10-12-17,20(24)25-14-8-6-2)18(19(22)23)15-16(3)4/h16-18H,5-15H2,1-4H3,(H,22,23). The van der Waals surface area contributed by atoms with Gasteiger partial charge in [-0.3, -0.25) is 9.59 Å². The van der Waals surface area contributed by atoms with Crippen LogP contribution in [0.5, 0.6) is 0 Å². The van der Waals surface area contributed by atoms with Gasteiger partial charge in [-0.1, -0.05) is 59.8 Å². The van der Waals surface area contributed by atoms with Crippen molar-refractivity contribution in [3.05, 3.63) is 0 Å². The van der Waals surface area contributed by atoms with E-state index in [-0.39, 0.29) is 17.8 Å². The van der Waals surface area contributed by atoms with Crippen molar-refractivity contribution in [2.24, 2.45) is 23.2 Å². The fraction of sp³-hybridized carbons (Fsp3) is 0.905. The third-order valence-electron chi connectivity index (χ3n) is 5.77. The van der Waals surface area contributed by atoms with E-state index in [9.17, 15) is 14.7 Å². The molecule has 1 aliphatic rings. The van der Waals surface area contributed by atoms with Crippen molar-refractivity contribution in [2.75, 3.05) is 6.61 Å². The van der Waals surface area contributed by atoms with Gasteiger partial charge in [0.2, 0.25) is 0 Å². The SMILES string of the molecule is CCCCOC(=O)C(CCCC)(C1CCCC1)C(CC(C)C)C(=O)O. The maximum atomic E-state index is 13.3. The molecule has 0 aliphatic heterocycles. The minimum Gasteiger partial charge on any atom is -0.481 e. The summed E-state index contributed by atoms with van der Waals surface area (Å²) < 4.78 is 5.67. The van der Waals surface area contributed by atoms with Crippen molar-refractivity contribution in [2.45, 2.75) is 91.9 Å². The van der Waals surface area contributed by atoms with Crippen LogP contribution >= 0.6 is 0 Å². The smallest absolute Gasteiger partial charge is 0.313 e. The Morgan fingerprint density at radius 3 is 2.20 bits per heavy atom. The molecule has 0 radical (unpaired) electrons. The highest BCUT2D eigenvalue weighted by molar-refractivity contribution is 5.85. The minimum atomic E-state index is -0.851. The van der Waals surface area contributed by atoms with Crippen molar-refractivity contribution in [1.82, 2.24) is 0 Å². The quantitative estimate of drug-likeness (QED) is 0.374. The molecule has 0 aromatic carbocycles. The second kappa shape index (κ2) is 10.8. The number of hydrogen-bond donors (Lipinski definition) is 1. The maximum absolute atomic E-state index is 13.3. The molecule has 0 saturated heterocycles. The predicted octanol–water partition coefficient (Wildman–Crippen LogP) is 5.44. The summed E-state index contributed by atoms with van der Waals surface area (Å²) in [6.45, 7) is 8.65. The first-order valence-corrected chi connectivity index (χ1v) is 10.3. The van der Waals surface area contributed by atoms with Crippen LogP contribution in [0.2, 0.25) is 0 Å². The van der Waals surface area contributed by atoms with Crippen LogP contribution in [0, 0.1) is 23.2 Å². The minimum absolute atomic E-state index is 0.146. The van der Waals surface area contributed by atoms with Gasteiger partial charge in [0.1, 0.15) is 0 Å². The molecule has 0 bridgehead atoms. The average molecular weight is 355 g/mol. The Morgan fingerprint density at radius 2 is 1.72 bits per heavy atom. The first kappa shape index (κ1) is 22.0. The Morgan fingerprint density at radius 1 is 1.12 bits per heavy atom. The molecule has 1 fully saturated rings. The van der Waals surface area contributed by atoms with E-state index in [2.05, 4.69) is 13.8 Å². The first-order valence-electron chi connectivity index (χ1n) is 10.3. The average Bonchev–Trinajstić information content (AvgIpc) is 3.09. The number of carbonyl (C=O) groups excluding carboxylic acids is 1. The molecule has 25 heavy (non-hydrogen) atoms. The van der Waals surface area contributed by atoms with Crippen molar-refractivity contribution in [3.8, 4) is 0 Å². The molecule has 1 N–H and O–H groups in total. The lowest BCUT2D eigenvalue weighted by Gasteiger charge is -2.42. The molecule has 146 valence electrons. The van der Waals surface area contributed by atoms with Crippen LogP contribution in [0.1, 0.15) is 91.9 Å². The lowest BCUT2D eigenvalue weighted by Crippen LogP contribution is -2.49. The number of carboxylic acid groups (broad SMARTS) is 1. The predicted molar refractivity (Wildman–Crippen MR) is 100 cm³/mol. The molecule has 0 aromatic heterocycles. The van der Waals surface area contributed by atoms with E-state index in [1.807, 2.05) is 13.8 Å². The molecule has 2 unspecified atom stereocenters. The third-order valence-corrected chi connectivity index (χ3v) is 5.77. The van der Waals surface area contributed by atoms with Crippen LogP contribution in [0.25, 0.3) is 0 Å². The van der Waals surface area contributed by atoms with Crippen molar-refractivity contribution in [1.29, 1.82) is 0 Å². The van der Waals surface area contributed by atoms with Gasteiger partial charge in [-0.25, -0.2) is 0 Å². The van der Waals surface area contributed by atoms with E-state index in [0.717, 1.165) is 51.4 Å². The van der Waals surface area contributed by atoms with Crippen LogP contribution in [0.4, 0.5) is 0 Å². The lowest BCUT2D eigenvalue weighted by molar-refractivity contribution is -0.175. The molecule has 0 aromatic rings. The molecule has 0 amide bonds. The van der Waals surface area contributed by atoms with Crippen LogP contribution in [0.15, 0.2) is 0 Å². The molecule has 1 saturated carbocycles. The van der Waals surface area contributed by atoms with Crippen molar-refractivity contribution >= 4 is 11.9 Å². The van der Waals surface area contributed by atoms with Gasteiger partial charge in [-0.2, -0.15) is 0 Å². The van der Waals surface area contributed by atoms with E-state index < -0.39 is 17.3 Å². The molecule has 4 nitrogen and oxygen atoms in total. The highest BCUT2D eigenvalue weighted by atomic mass is 16.5. The van der Waals surface area contributed by atoms with Gasteiger partial charge in [0.15, 0.2) is 0 Å². The number of ether oxygens (including phenoxy) is 1. The molecule has 1 rings (SSSR count). The maximum Gasteiger partial charge on any atom is 0.313 e. The van der Waals surface area contributed by atoms with Gasteiger partial charge in [0.25, 0.3) is 0 Å². The van der Waals surface area contributed by atoms with Gasteiger partial charge in [-0.15, -0.1) is 0 Å². The highest BCUT2D eigenvalue weighted by Gasteiger charge is 2.55. The summed E-state index contributed by atoms with van der Waals surface area (Å²) in [6.07, 6.45) is 8.91. The van der Waals surface area contributed by atoms with E-state index in [1.165, 1.54) is 0 Å². The Balaban J connectivity index is 3.25. The summed E-state index contributed by atoms with van der Waals surface area (Å²) in [7, 11) is 0. The largest absolute Gasteiger partial charge is 0.481 e. The molecule has 2 atom stereocenters. The summed E-state index contributed by atoms with van der Waals surface area (Å²) in [5.74, 6) is -1.32. The summed E-state index contributed by atoms with van der Waals surface area (Å²) in [5.41, 5.74) is -0.851. The van der Waals surface area contributed by atoms with Gasteiger partial charge in [-0.05, 0) is 43.9 Å². The molecule has 4 heteroatoms. The number of carboxylic acids is 1. The lowest BCUT2D eigenvalue weighted by atomic mass is 9.61. The van der Waals surface area contributed by atoms with Crippen LogP contribution in [0.3, 0.4) is 0 Å². The van der Waals surface area contributed by atoms with E-state index in [1.54, 1.807) is 0 Å². The molecule has 0 heterocycles. The Labute approximate surface area is 153 Å². The molecular weight excluding hydrogens is 316 g/mol. The van der Waals surface area contributed by atoms with E-state index in [0.29, 0.717) is 19.4 Å². The molecule has 1 aliphatic carbocycles. The number of carbonyl (C=O) groups is 2. The van der Waals surface area contributed by atoms with Gasteiger partial charge >= 0.3 is 11.9 Å².